The smallest absolute Gasteiger partial charge is 0.268 e. The van der Waals surface area contributed by atoms with Crippen molar-refractivity contribution in [3.8, 4) is 5.75 Å². The van der Waals surface area contributed by atoms with Crippen molar-refractivity contribution in [2.24, 2.45) is 0 Å². The summed E-state index contributed by atoms with van der Waals surface area (Å²) in [4.78, 5) is 12.2. The van der Waals surface area contributed by atoms with Crippen LogP contribution in [-0.2, 0) is 10.0 Å². The maximum absolute atomic E-state index is 13.1. The first-order chi connectivity index (χ1) is 11.4. The summed E-state index contributed by atoms with van der Waals surface area (Å²) >= 11 is 0. The second-order valence-electron chi connectivity index (χ2n) is 5.48. The van der Waals surface area contributed by atoms with Crippen LogP contribution in [-0.4, -0.2) is 25.3 Å². The summed E-state index contributed by atoms with van der Waals surface area (Å²) in [6.45, 7) is 3.09. The summed E-state index contributed by atoms with van der Waals surface area (Å²) in [7, 11) is -2.30. The number of nitrogens with zero attached hydrogens (tertiary/aromatic N) is 1. The first kappa shape index (κ1) is 16.3. The van der Waals surface area contributed by atoms with Crippen molar-refractivity contribution < 1.29 is 17.9 Å². The number of carbonyl (C=O) groups excluding carboxylic acids is 1. The normalized spacial score (nSPS) is 11.6. The molecule has 0 aliphatic carbocycles. The molecule has 0 saturated heterocycles. The molecule has 0 N–H and O–H groups in total. The number of benzene rings is 2. The van der Waals surface area contributed by atoms with Gasteiger partial charge in [-0.05, 0) is 44.2 Å². The van der Waals surface area contributed by atoms with Gasteiger partial charge in [0.15, 0.2) is 5.78 Å². The predicted octanol–water partition coefficient (Wildman–Crippen LogP) is 3.40. The van der Waals surface area contributed by atoms with Gasteiger partial charge >= 0.3 is 0 Å². The van der Waals surface area contributed by atoms with Gasteiger partial charge in [-0.25, -0.2) is 12.4 Å². The molecule has 0 aliphatic rings. The van der Waals surface area contributed by atoms with Crippen LogP contribution in [0.5, 0.6) is 5.75 Å². The highest BCUT2D eigenvalue weighted by atomic mass is 32.2. The molecule has 1 heterocycles. The number of rotatable bonds is 4. The highest BCUT2D eigenvalue weighted by molar-refractivity contribution is 7.90. The van der Waals surface area contributed by atoms with Crippen molar-refractivity contribution in [2.45, 2.75) is 18.7 Å². The molecule has 0 amide bonds. The summed E-state index contributed by atoms with van der Waals surface area (Å²) in [6, 6.07) is 13.2. The van der Waals surface area contributed by atoms with Gasteiger partial charge < -0.3 is 4.74 Å². The number of carbonyl (C=O) groups is 1. The Bertz CT molecular complexity index is 1030. The SMILES string of the molecule is COc1ccc(S(=O)(=O)n2c(C)c(C(C)=O)c3ccccc32)cc1. The Balaban J connectivity index is 2.32. The van der Waals surface area contributed by atoms with Crippen molar-refractivity contribution in [1.82, 2.24) is 3.97 Å². The fraction of sp³-hybridized carbons (Fsp3) is 0.167. The maximum atomic E-state index is 13.1. The maximum Gasteiger partial charge on any atom is 0.268 e. The number of Topliss-reactive ketones (excluding diaryl/α,β-unsaturated/α-hetero) is 1. The topological polar surface area (TPSA) is 65.4 Å². The second-order valence-corrected chi connectivity index (χ2v) is 7.27. The Morgan fingerprint density at radius 2 is 1.67 bits per heavy atom. The van der Waals surface area contributed by atoms with E-state index in [4.69, 9.17) is 4.74 Å². The minimum Gasteiger partial charge on any atom is -0.497 e. The molecular formula is C18H17NO4S. The van der Waals surface area contributed by atoms with E-state index in [0.29, 0.717) is 27.9 Å². The lowest BCUT2D eigenvalue weighted by molar-refractivity contribution is 0.101. The Morgan fingerprint density at radius 1 is 1.04 bits per heavy atom. The Morgan fingerprint density at radius 3 is 2.25 bits per heavy atom. The molecule has 0 fully saturated rings. The number of para-hydroxylation sites is 1. The van der Waals surface area contributed by atoms with Crippen LogP contribution >= 0.6 is 0 Å². The molecule has 3 aromatic rings. The summed E-state index contributed by atoms with van der Waals surface area (Å²) < 4.78 is 32.5. The van der Waals surface area contributed by atoms with Crippen LogP contribution in [0, 0.1) is 6.92 Å². The van der Waals surface area contributed by atoms with E-state index in [-0.39, 0.29) is 10.7 Å². The van der Waals surface area contributed by atoms with Gasteiger partial charge in [-0.1, -0.05) is 18.2 Å². The van der Waals surface area contributed by atoms with Crippen molar-refractivity contribution in [1.29, 1.82) is 0 Å². The molecule has 124 valence electrons. The van der Waals surface area contributed by atoms with Crippen LogP contribution in [0.15, 0.2) is 53.4 Å². The van der Waals surface area contributed by atoms with Crippen molar-refractivity contribution in [3.63, 3.8) is 0 Å². The lowest BCUT2D eigenvalue weighted by Crippen LogP contribution is -2.15. The van der Waals surface area contributed by atoms with Crippen LogP contribution < -0.4 is 4.74 Å². The third-order valence-electron chi connectivity index (χ3n) is 4.01. The zero-order valence-electron chi connectivity index (χ0n) is 13.6. The minimum atomic E-state index is -3.83. The molecule has 3 rings (SSSR count). The Hall–Kier alpha value is -2.60. The molecular weight excluding hydrogens is 326 g/mol. The molecule has 0 radical (unpaired) electrons. The van der Waals surface area contributed by atoms with Crippen molar-refractivity contribution >= 4 is 26.7 Å². The van der Waals surface area contributed by atoms with Gasteiger partial charge in [0, 0.05) is 16.6 Å². The van der Waals surface area contributed by atoms with E-state index in [0.717, 1.165) is 0 Å². The Kier molecular flexibility index (Phi) is 3.93. The van der Waals surface area contributed by atoms with Gasteiger partial charge in [0.25, 0.3) is 10.0 Å². The Labute approximate surface area is 140 Å². The number of hydrogen-bond acceptors (Lipinski definition) is 4. The first-order valence-electron chi connectivity index (χ1n) is 7.38. The summed E-state index contributed by atoms with van der Waals surface area (Å²) in [6.07, 6.45) is 0. The van der Waals surface area contributed by atoms with E-state index in [2.05, 4.69) is 0 Å². The van der Waals surface area contributed by atoms with Crippen LogP contribution in [0.2, 0.25) is 0 Å². The van der Waals surface area contributed by atoms with Gasteiger partial charge in [0.05, 0.1) is 17.5 Å². The number of ketones is 1. The highest BCUT2D eigenvalue weighted by Crippen LogP contribution is 2.30. The molecule has 5 nitrogen and oxygen atoms in total. The fourth-order valence-corrected chi connectivity index (χ4v) is 4.51. The number of hydrogen-bond donors (Lipinski definition) is 0. The predicted molar refractivity (Wildman–Crippen MR) is 92.3 cm³/mol. The molecule has 1 aromatic heterocycles. The monoisotopic (exact) mass is 343 g/mol. The van der Waals surface area contributed by atoms with Crippen LogP contribution in [0.3, 0.4) is 0 Å². The fourth-order valence-electron chi connectivity index (χ4n) is 2.95. The van der Waals surface area contributed by atoms with Crippen LogP contribution in [0.4, 0.5) is 0 Å². The van der Waals surface area contributed by atoms with Gasteiger partial charge in [0.2, 0.25) is 0 Å². The zero-order chi connectivity index (χ0) is 17.5. The number of ether oxygens (including phenoxy) is 1. The zero-order valence-corrected chi connectivity index (χ0v) is 14.4. The standard InChI is InChI=1S/C18H17NO4S/c1-12-18(13(2)20)16-6-4-5-7-17(16)19(12)24(21,22)15-10-8-14(23-3)9-11-15/h4-11H,1-3H3. The molecule has 0 atom stereocenters. The molecule has 0 unspecified atom stereocenters. The molecule has 0 saturated carbocycles. The summed E-state index contributed by atoms with van der Waals surface area (Å²) in [5.41, 5.74) is 1.35. The van der Waals surface area contributed by atoms with E-state index >= 15 is 0 Å². The number of methoxy groups -OCH3 is 1. The van der Waals surface area contributed by atoms with Crippen LogP contribution in [0.1, 0.15) is 23.0 Å². The average Bonchev–Trinajstić information content (AvgIpc) is 2.87. The lowest BCUT2D eigenvalue weighted by atomic mass is 10.1. The third kappa shape index (κ3) is 2.39. The second kappa shape index (κ2) is 5.79. The summed E-state index contributed by atoms with van der Waals surface area (Å²) in [5.74, 6) is 0.417. The van der Waals surface area contributed by atoms with Crippen molar-refractivity contribution in [2.75, 3.05) is 7.11 Å². The molecule has 0 spiro atoms. The van der Waals surface area contributed by atoms with E-state index in [1.54, 1.807) is 43.3 Å². The molecule has 24 heavy (non-hydrogen) atoms. The van der Waals surface area contributed by atoms with E-state index < -0.39 is 10.0 Å². The quantitative estimate of drug-likeness (QED) is 0.681. The van der Waals surface area contributed by atoms with Gasteiger partial charge in [-0.2, -0.15) is 0 Å². The largest absolute Gasteiger partial charge is 0.497 e. The summed E-state index contributed by atoms with van der Waals surface area (Å²) in [5, 5.41) is 0.639. The van der Waals surface area contributed by atoms with E-state index in [1.165, 1.54) is 30.1 Å². The first-order valence-corrected chi connectivity index (χ1v) is 8.82. The highest BCUT2D eigenvalue weighted by Gasteiger charge is 2.26. The molecule has 0 aliphatic heterocycles. The van der Waals surface area contributed by atoms with Crippen LogP contribution in [0.25, 0.3) is 10.9 Å². The third-order valence-corrected chi connectivity index (χ3v) is 5.83. The van der Waals surface area contributed by atoms with E-state index in [1.807, 2.05) is 0 Å². The number of fused-ring (bicyclic) bond motifs is 1. The van der Waals surface area contributed by atoms with Crippen molar-refractivity contribution in [3.05, 3.63) is 59.8 Å². The minimum absolute atomic E-state index is 0.141. The molecule has 6 heteroatoms. The van der Waals surface area contributed by atoms with Gasteiger partial charge in [-0.15, -0.1) is 0 Å². The molecule has 2 aromatic carbocycles. The lowest BCUT2D eigenvalue weighted by Gasteiger charge is -2.10. The van der Waals surface area contributed by atoms with E-state index in [9.17, 15) is 13.2 Å². The molecule has 0 bridgehead atoms. The average molecular weight is 343 g/mol. The van der Waals surface area contributed by atoms with Gasteiger partial charge in [0.1, 0.15) is 5.75 Å². The van der Waals surface area contributed by atoms with Gasteiger partial charge in [-0.3, -0.25) is 4.79 Å². The number of aromatic nitrogens is 1.